The summed E-state index contributed by atoms with van der Waals surface area (Å²) in [7, 11) is 3.49. The average molecular weight is 521 g/mol. The van der Waals surface area contributed by atoms with Crippen LogP contribution in [-0.2, 0) is 9.59 Å². The third-order valence-corrected chi connectivity index (χ3v) is 5.76. The number of carbonyl (C=O) groups excluding carboxylic acids is 2. The van der Waals surface area contributed by atoms with Crippen LogP contribution in [0.1, 0.15) is 58.8 Å². The van der Waals surface area contributed by atoms with Crippen molar-refractivity contribution < 1.29 is 9.59 Å². The molecule has 1 saturated heterocycles. The highest BCUT2D eigenvalue weighted by molar-refractivity contribution is 14.0. The van der Waals surface area contributed by atoms with Gasteiger partial charge in [0.05, 0.1) is 0 Å². The molecule has 8 heteroatoms. The van der Waals surface area contributed by atoms with E-state index >= 15 is 0 Å². The summed E-state index contributed by atoms with van der Waals surface area (Å²) < 4.78 is 0. The van der Waals surface area contributed by atoms with E-state index in [1.165, 1.54) is 19.3 Å². The number of likely N-dealkylation sites (tertiary alicyclic amines) is 1. The number of unbranched alkanes of at least 4 members (excludes halogenated alkanes) is 1. The van der Waals surface area contributed by atoms with Gasteiger partial charge in [0.15, 0.2) is 5.96 Å². The van der Waals surface area contributed by atoms with Gasteiger partial charge in [0.1, 0.15) is 6.54 Å². The van der Waals surface area contributed by atoms with E-state index < -0.39 is 0 Å². The molecule has 0 radical (unpaired) electrons. The summed E-state index contributed by atoms with van der Waals surface area (Å²) >= 11 is 0. The Kier molecular flexibility index (Phi) is 11.9. The zero-order valence-electron chi connectivity index (χ0n) is 18.6. The molecule has 2 unspecified atom stereocenters. The first-order chi connectivity index (χ1) is 13.4. The van der Waals surface area contributed by atoms with Crippen LogP contribution >= 0.6 is 24.0 Å². The number of aliphatic imine (C=N–C) groups is 1. The Hall–Kier alpha value is -1.06. The third-order valence-electron chi connectivity index (χ3n) is 5.76. The highest BCUT2D eigenvalue weighted by Gasteiger charge is 2.39. The molecule has 0 aromatic rings. The fraction of sp³-hybridized carbons (Fsp3) is 0.857. The lowest BCUT2D eigenvalue weighted by Crippen LogP contribution is -2.43. The minimum atomic E-state index is -0.0184. The number of halogens is 1. The molecule has 1 saturated carbocycles. The number of carbonyl (C=O) groups is 2. The molecule has 2 rings (SSSR count). The van der Waals surface area contributed by atoms with Gasteiger partial charge in [-0.2, -0.15) is 0 Å². The normalized spacial score (nSPS) is 20.3. The fourth-order valence-electron chi connectivity index (χ4n) is 3.57. The Labute approximate surface area is 193 Å². The second-order valence-electron chi connectivity index (χ2n) is 8.48. The molecule has 1 aliphatic heterocycles. The quantitative estimate of drug-likeness (QED) is 0.249. The second-order valence-corrected chi connectivity index (χ2v) is 8.48. The first kappa shape index (κ1) is 26.0. The van der Waals surface area contributed by atoms with Crippen LogP contribution < -0.4 is 10.6 Å². The molecular weight excluding hydrogens is 481 g/mol. The van der Waals surface area contributed by atoms with Gasteiger partial charge in [0, 0.05) is 52.1 Å². The molecule has 0 aromatic heterocycles. The molecule has 2 fully saturated rings. The maximum atomic E-state index is 12.2. The SMILES string of the molecule is CCCCC(CC)CNC(=NCC(=O)N(C)C)NCC1CC(=O)N(C2CC2)C1.I. The van der Waals surface area contributed by atoms with Gasteiger partial charge in [0.2, 0.25) is 11.8 Å². The van der Waals surface area contributed by atoms with Gasteiger partial charge < -0.3 is 20.4 Å². The summed E-state index contributed by atoms with van der Waals surface area (Å²) in [6.45, 7) is 6.98. The Bertz CT molecular complexity index is 551. The van der Waals surface area contributed by atoms with Crippen LogP contribution in [0.15, 0.2) is 4.99 Å². The van der Waals surface area contributed by atoms with Gasteiger partial charge >= 0.3 is 0 Å². The zero-order chi connectivity index (χ0) is 20.5. The average Bonchev–Trinajstić information content (AvgIpc) is 3.45. The Morgan fingerprint density at radius 3 is 2.59 bits per heavy atom. The molecule has 7 nitrogen and oxygen atoms in total. The largest absolute Gasteiger partial charge is 0.356 e. The van der Waals surface area contributed by atoms with Crippen molar-refractivity contribution >= 4 is 41.8 Å². The summed E-state index contributed by atoms with van der Waals surface area (Å²) in [6, 6.07) is 0.491. The summed E-state index contributed by atoms with van der Waals surface area (Å²) in [5.41, 5.74) is 0. The van der Waals surface area contributed by atoms with Crippen molar-refractivity contribution in [3.8, 4) is 0 Å². The van der Waals surface area contributed by atoms with E-state index in [1.807, 2.05) is 4.90 Å². The zero-order valence-corrected chi connectivity index (χ0v) is 20.9. The molecule has 0 aromatic carbocycles. The van der Waals surface area contributed by atoms with E-state index in [0.717, 1.165) is 32.4 Å². The minimum Gasteiger partial charge on any atom is -0.356 e. The molecule has 2 amide bonds. The van der Waals surface area contributed by atoms with Crippen LogP contribution in [0, 0.1) is 11.8 Å². The molecule has 2 aliphatic rings. The molecule has 0 bridgehead atoms. The van der Waals surface area contributed by atoms with E-state index in [0.29, 0.717) is 36.8 Å². The van der Waals surface area contributed by atoms with Crippen molar-refractivity contribution in [1.29, 1.82) is 0 Å². The molecule has 2 atom stereocenters. The molecule has 1 aliphatic carbocycles. The predicted molar refractivity (Wildman–Crippen MR) is 129 cm³/mol. The summed E-state index contributed by atoms with van der Waals surface area (Å²) in [4.78, 5) is 32.2. The van der Waals surface area contributed by atoms with Gasteiger partial charge in [-0.05, 0) is 25.2 Å². The highest BCUT2D eigenvalue weighted by Crippen LogP contribution is 2.32. The number of likely N-dealkylation sites (N-methyl/N-ethyl adjacent to an activating group) is 1. The van der Waals surface area contributed by atoms with Gasteiger partial charge in [0.25, 0.3) is 0 Å². The Morgan fingerprint density at radius 2 is 2.00 bits per heavy atom. The van der Waals surface area contributed by atoms with Crippen LogP contribution in [0.2, 0.25) is 0 Å². The molecule has 29 heavy (non-hydrogen) atoms. The van der Waals surface area contributed by atoms with Crippen LogP contribution in [-0.4, -0.2) is 73.9 Å². The molecule has 168 valence electrons. The van der Waals surface area contributed by atoms with E-state index in [2.05, 4.69) is 29.5 Å². The van der Waals surface area contributed by atoms with Gasteiger partial charge in [-0.15, -0.1) is 24.0 Å². The smallest absolute Gasteiger partial charge is 0.243 e. The number of amides is 2. The number of hydrogen-bond donors (Lipinski definition) is 2. The standard InChI is InChI=1S/C21H39N5O2.HI/c1-5-7-8-16(6-2)12-22-21(24-14-20(28)25(3)4)23-13-17-11-19(27)26(15-17)18-9-10-18;/h16-18H,5-15H2,1-4H3,(H2,22,23,24);1H. The van der Waals surface area contributed by atoms with E-state index in [-0.39, 0.29) is 42.3 Å². The van der Waals surface area contributed by atoms with E-state index in [1.54, 1.807) is 19.0 Å². The predicted octanol–water partition coefficient (Wildman–Crippen LogP) is 2.46. The summed E-state index contributed by atoms with van der Waals surface area (Å²) in [5.74, 6) is 1.87. The maximum Gasteiger partial charge on any atom is 0.243 e. The summed E-state index contributed by atoms with van der Waals surface area (Å²) in [5, 5.41) is 6.81. The third kappa shape index (κ3) is 9.09. The molecule has 0 spiro atoms. The van der Waals surface area contributed by atoms with Crippen LogP contribution in [0.3, 0.4) is 0 Å². The number of nitrogens with one attached hydrogen (secondary N) is 2. The Morgan fingerprint density at radius 1 is 1.28 bits per heavy atom. The lowest BCUT2D eigenvalue weighted by molar-refractivity contribution is -0.128. The van der Waals surface area contributed by atoms with Crippen molar-refractivity contribution in [2.75, 3.05) is 40.3 Å². The number of rotatable bonds is 11. The lowest BCUT2D eigenvalue weighted by Gasteiger charge is -2.20. The van der Waals surface area contributed by atoms with Crippen molar-refractivity contribution in [3.63, 3.8) is 0 Å². The molecule has 1 heterocycles. The molecular formula is C21H40IN5O2. The van der Waals surface area contributed by atoms with Gasteiger partial charge in [-0.25, -0.2) is 4.99 Å². The second kappa shape index (κ2) is 13.3. The fourth-order valence-corrected chi connectivity index (χ4v) is 3.57. The van der Waals surface area contributed by atoms with Gasteiger partial charge in [-0.3, -0.25) is 9.59 Å². The maximum absolute atomic E-state index is 12.2. The first-order valence-corrected chi connectivity index (χ1v) is 11.0. The van der Waals surface area contributed by atoms with E-state index in [4.69, 9.17) is 0 Å². The first-order valence-electron chi connectivity index (χ1n) is 11.0. The number of nitrogens with zero attached hydrogens (tertiary/aromatic N) is 3. The highest BCUT2D eigenvalue weighted by atomic mass is 127. The van der Waals surface area contributed by atoms with Crippen molar-refractivity contribution in [3.05, 3.63) is 0 Å². The topological polar surface area (TPSA) is 77.0 Å². The Balaban J connectivity index is 0.00000420. The van der Waals surface area contributed by atoms with Crippen LogP contribution in [0.4, 0.5) is 0 Å². The van der Waals surface area contributed by atoms with Crippen molar-refractivity contribution in [2.45, 2.75) is 64.8 Å². The monoisotopic (exact) mass is 521 g/mol. The van der Waals surface area contributed by atoms with Crippen LogP contribution in [0.25, 0.3) is 0 Å². The van der Waals surface area contributed by atoms with Gasteiger partial charge in [-0.1, -0.05) is 33.1 Å². The summed E-state index contributed by atoms with van der Waals surface area (Å²) in [6.07, 6.45) is 7.70. The minimum absolute atomic E-state index is 0. The molecule has 2 N–H and O–H groups in total. The number of hydrogen-bond acceptors (Lipinski definition) is 3. The van der Waals surface area contributed by atoms with Crippen molar-refractivity contribution in [2.24, 2.45) is 16.8 Å². The van der Waals surface area contributed by atoms with E-state index in [9.17, 15) is 9.59 Å². The number of guanidine groups is 1. The van der Waals surface area contributed by atoms with Crippen molar-refractivity contribution in [1.82, 2.24) is 20.4 Å². The lowest BCUT2D eigenvalue weighted by atomic mass is 9.99. The van der Waals surface area contributed by atoms with Crippen LogP contribution in [0.5, 0.6) is 0 Å².